The molecular formula is C24H38O6. The minimum atomic E-state index is -0.352. The van der Waals surface area contributed by atoms with Crippen molar-refractivity contribution < 1.29 is 28.5 Å². The lowest BCUT2D eigenvalue weighted by atomic mass is 10.1. The number of carbonyl (C=O) groups is 2. The first-order valence-corrected chi connectivity index (χ1v) is 11.2. The van der Waals surface area contributed by atoms with Crippen LogP contribution in [0.25, 0.3) is 0 Å². The highest BCUT2D eigenvalue weighted by Crippen LogP contribution is 2.31. The van der Waals surface area contributed by atoms with Gasteiger partial charge in [-0.25, -0.2) is 0 Å². The second-order valence-electron chi connectivity index (χ2n) is 7.45. The molecule has 6 heteroatoms. The van der Waals surface area contributed by atoms with Gasteiger partial charge in [-0.2, -0.15) is 0 Å². The van der Waals surface area contributed by atoms with Gasteiger partial charge in [0.1, 0.15) is 24.7 Å². The third-order valence-electron chi connectivity index (χ3n) is 4.62. The molecule has 0 N–H and O–H groups in total. The first kappa shape index (κ1) is 25.8. The number of ether oxygens (including phenoxy) is 4. The summed E-state index contributed by atoms with van der Waals surface area (Å²) in [7, 11) is 0. The summed E-state index contributed by atoms with van der Waals surface area (Å²) in [6.45, 7) is 8.48. The molecule has 0 aliphatic carbocycles. The Hall–Kier alpha value is -2.24. The zero-order valence-electron chi connectivity index (χ0n) is 19.1. The van der Waals surface area contributed by atoms with E-state index >= 15 is 0 Å². The number of hydrogen-bond acceptors (Lipinski definition) is 6. The van der Waals surface area contributed by atoms with Crippen molar-refractivity contribution in [3.05, 3.63) is 23.3 Å². The summed E-state index contributed by atoms with van der Waals surface area (Å²) in [6, 6.07) is 3.67. The summed E-state index contributed by atoms with van der Waals surface area (Å²) < 4.78 is 22.4. The van der Waals surface area contributed by atoms with E-state index in [4.69, 9.17) is 18.9 Å². The van der Waals surface area contributed by atoms with Crippen LogP contribution in [0.2, 0.25) is 0 Å². The summed E-state index contributed by atoms with van der Waals surface area (Å²) in [5, 5.41) is 0. The fourth-order valence-electron chi connectivity index (χ4n) is 2.92. The Kier molecular flexibility index (Phi) is 13.4. The number of rotatable bonds is 16. The van der Waals surface area contributed by atoms with Gasteiger partial charge < -0.3 is 18.9 Å². The minimum Gasteiger partial charge on any atom is -0.493 e. The molecule has 0 aromatic heterocycles. The van der Waals surface area contributed by atoms with Gasteiger partial charge in [-0.15, -0.1) is 0 Å². The van der Waals surface area contributed by atoms with E-state index in [-0.39, 0.29) is 25.2 Å². The van der Waals surface area contributed by atoms with E-state index in [2.05, 4.69) is 13.8 Å². The molecule has 0 saturated carbocycles. The summed E-state index contributed by atoms with van der Waals surface area (Å²) in [5.74, 6) is 0.561. The monoisotopic (exact) mass is 422 g/mol. The van der Waals surface area contributed by atoms with Crippen LogP contribution in [0.4, 0.5) is 0 Å². The van der Waals surface area contributed by atoms with Crippen molar-refractivity contribution in [2.24, 2.45) is 0 Å². The molecule has 0 saturated heterocycles. The van der Waals surface area contributed by atoms with Gasteiger partial charge in [-0.1, -0.05) is 52.4 Å². The van der Waals surface area contributed by atoms with Gasteiger partial charge in [0.05, 0.1) is 13.2 Å². The third-order valence-corrected chi connectivity index (χ3v) is 4.62. The summed E-state index contributed by atoms with van der Waals surface area (Å²) in [6.07, 6.45) is 8.79. The first-order valence-electron chi connectivity index (χ1n) is 11.2. The van der Waals surface area contributed by atoms with Crippen molar-refractivity contribution in [1.29, 1.82) is 0 Å². The van der Waals surface area contributed by atoms with Crippen molar-refractivity contribution in [2.45, 2.75) is 92.3 Å². The molecule has 0 heterocycles. The molecule has 0 spiro atoms. The second kappa shape index (κ2) is 15.6. The molecule has 0 bridgehead atoms. The Bertz CT molecular complexity index is 585. The van der Waals surface area contributed by atoms with Gasteiger partial charge in [0.15, 0.2) is 0 Å². The molecule has 0 amide bonds. The maximum Gasteiger partial charge on any atom is 0.302 e. The Morgan fingerprint density at radius 1 is 0.667 bits per heavy atom. The quantitative estimate of drug-likeness (QED) is 0.250. The first-order chi connectivity index (χ1) is 14.5. The normalized spacial score (nSPS) is 10.5. The van der Waals surface area contributed by atoms with Crippen LogP contribution in [0.15, 0.2) is 12.1 Å². The van der Waals surface area contributed by atoms with E-state index in [9.17, 15) is 9.59 Å². The number of hydrogen-bond donors (Lipinski definition) is 0. The van der Waals surface area contributed by atoms with Crippen LogP contribution in [-0.4, -0.2) is 25.2 Å². The molecule has 0 radical (unpaired) electrons. The van der Waals surface area contributed by atoms with Crippen molar-refractivity contribution in [3.63, 3.8) is 0 Å². The predicted molar refractivity (Wildman–Crippen MR) is 117 cm³/mol. The molecule has 0 aliphatic heterocycles. The topological polar surface area (TPSA) is 71.1 Å². The van der Waals surface area contributed by atoms with Crippen LogP contribution < -0.4 is 9.47 Å². The average molecular weight is 423 g/mol. The maximum absolute atomic E-state index is 11.3. The largest absolute Gasteiger partial charge is 0.493 e. The van der Waals surface area contributed by atoms with E-state index < -0.39 is 0 Å². The Balaban J connectivity index is 2.98. The van der Waals surface area contributed by atoms with Gasteiger partial charge >= 0.3 is 11.9 Å². The van der Waals surface area contributed by atoms with Gasteiger partial charge in [0, 0.05) is 25.0 Å². The molecule has 1 aromatic carbocycles. The molecule has 0 fully saturated rings. The van der Waals surface area contributed by atoms with E-state index in [1.54, 1.807) is 0 Å². The number of carbonyl (C=O) groups excluding carboxylic acids is 2. The Morgan fingerprint density at radius 2 is 1.07 bits per heavy atom. The number of benzene rings is 1. The van der Waals surface area contributed by atoms with Crippen LogP contribution in [0.1, 0.15) is 90.2 Å². The van der Waals surface area contributed by atoms with Crippen LogP contribution in [-0.2, 0) is 32.3 Å². The summed E-state index contributed by atoms with van der Waals surface area (Å²) >= 11 is 0. The van der Waals surface area contributed by atoms with Crippen LogP contribution in [0, 0.1) is 0 Å². The van der Waals surface area contributed by atoms with E-state index in [0.717, 1.165) is 49.7 Å². The number of unbranched alkanes of at least 4 members (excludes halogenated alkanes) is 6. The predicted octanol–water partition coefficient (Wildman–Crippen LogP) is 5.73. The lowest BCUT2D eigenvalue weighted by Gasteiger charge is -2.18. The molecule has 0 unspecified atom stereocenters. The van der Waals surface area contributed by atoms with Crippen molar-refractivity contribution in [1.82, 2.24) is 0 Å². The highest BCUT2D eigenvalue weighted by Gasteiger charge is 2.15. The van der Waals surface area contributed by atoms with Crippen molar-refractivity contribution in [2.75, 3.05) is 13.2 Å². The van der Waals surface area contributed by atoms with Crippen molar-refractivity contribution in [3.8, 4) is 11.5 Å². The van der Waals surface area contributed by atoms with Crippen LogP contribution >= 0.6 is 0 Å². The molecule has 6 nitrogen and oxygen atoms in total. The smallest absolute Gasteiger partial charge is 0.302 e. The van der Waals surface area contributed by atoms with Gasteiger partial charge in [0.25, 0.3) is 0 Å². The minimum absolute atomic E-state index is 0.111. The highest BCUT2D eigenvalue weighted by molar-refractivity contribution is 5.66. The SMILES string of the molecule is CCCCCCOc1cc(COC(C)=O)c(OCCCCCC)cc1COC(C)=O. The Labute approximate surface area is 181 Å². The lowest BCUT2D eigenvalue weighted by Crippen LogP contribution is -2.08. The highest BCUT2D eigenvalue weighted by atomic mass is 16.5. The zero-order valence-corrected chi connectivity index (χ0v) is 19.1. The van der Waals surface area contributed by atoms with Crippen LogP contribution in [0.5, 0.6) is 11.5 Å². The molecule has 30 heavy (non-hydrogen) atoms. The van der Waals surface area contributed by atoms with Crippen molar-refractivity contribution >= 4 is 11.9 Å². The van der Waals surface area contributed by atoms with Gasteiger partial charge in [0.2, 0.25) is 0 Å². The van der Waals surface area contributed by atoms with E-state index in [1.807, 2.05) is 12.1 Å². The summed E-state index contributed by atoms with van der Waals surface area (Å²) in [5.41, 5.74) is 1.49. The lowest BCUT2D eigenvalue weighted by molar-refractivity contribution is -0.143. The Morgan fingerprint density at radius 3 is 1.40 bits per heavy atom. The maximum atomic E-state index is 11.3. The molecule has 0 atom stereocenters. The standard InChI is InChI=1S/C24H38O6/c1-5-7-9-11-13-27-23-15-22(18-30-20(4)26)24(28-14-12-10-8-6-2)16-21(23)17-29-19(3)25/h15-16H,5-14,17-18H2,1-4H3. The molecule has 0 aliphatic rings. The number of esters is 2. The summed E-state index contributed by atoms with van der Waals surface area (Å²) in [4.78, 5) is 22.6. The zero-order chi connectivity index (χ0) is 22.2. The molecular weight excluding hydrogens is 384 g/mol. The third kappa shape index (κ3) is 11.1. The van der Waals surface area contributed by atoms with Gasteiger partial charge in [-0.05, 0) is 25.0 Å². The molecule has 1 rings (SSSR count). The fraction of sp³-hybridized carbons (Fsp3) is 0.667. The average Bonchev–Trinajstić information content (AvgIpc) is 2.71. The van der Waals surface area contributed by atoms with Crippen LogP contribution in [0.3, 0.4) is 0 Å². The van der Waals surface area contributed by atoms with E-state index in [1.165, 1.54) is 26.7 Å². The molecule has 1 aromatic rings. The molecule has 170 valence electrons. The van der Waals surface area contributed by atoms with E-state index in [0.29, 0.717) is 24.7 Å². The fourth-order valence-corrected chi connectivity index (χ4v) is 2.92. The van der Waals surface area contributed by atoms with Gasteiger partial charge in [-0.3, -0.25) is 9.59 Å². The second-order valence-corrected chi connectivity index (χ2v) is 7.45.